The van der Waals surface area contributed by atoms with Crippen LogP contribution in [-0.2, 0) is 11.2 Å². The van der Waals surface area contributed by atoms with E-state index < -0.39 is 35.4 Å². The molecule has 0 saturated carbocycles. The van der Waals surface area contributed by atoms with Crippen LogP contribution in [0.5, 0.6) is 46.0 Å². The van der Waals surface area contributed by atoms with Gasteiger partial charge < -0.3 is 44.8 Å². The number of methoxy groups -OCH3 is 1. The first-order valence-electron chi connectivity index (χ1n) is 9.72. The minimum Gasteiger partial charge on any atom is -0.508 e. The van der Waals surface area contributed by atoms with Crippen LogP contribution in [0.2, 0.25) is 0 Å². The summed E-state index contributed by atoms with van der Waals surface area (Å²) in [7, 11) is 1.24. The van der Waals surface area contributed by atoms with Crippen LogP contribution in [0.25, 0.3) is 0 Å². The van der Waals surface area contributed by atoms with Gasteiger partial charge in [0.2, 0.25) is 5.75 Å². The lowest BCUT2D eigenvalue weighted by atomic mass is 9.93. The lowest BCUT2D eigenvalue weighted by molar-refractivity contribution is -0.0189. The van der Waals surface area contributed by atoms with Gasteiger partial charge in [-0.05, 0) is 24.3 Å². The molecule has 10 nitrogen and oxygen atoms in total. The molecule has 10 heteroatoms. The minimum absolute atomic E-state index is 0.0202. The summed E-state index contributed by atoms with van der Waals surface area (Å²) in [6.45, 7) is 0. The summed E-state index contributed by atoms with van der Waals surface area (Å²) < 4.78 is 16.3. The highest BCUT2D eigenvalue weighted by Crippen LogP contribution is 2.44. The number of phenolic OH excluding ortho intramolecular Hbond substituents is 6. The Hall–Kier alpha value is -4.47. The molecule has 0 spiro atoms. The molecule has 0 bridgehead atoms. The van der Waals surface area contributed by atoms with Crippen molar-refractivity contribution in [1.82, 2.24) is 0 Å². The van der Waals surface area contributed by atoms with E-state index in [9.17, 15) is 35.4 Å². The molecule has 0 radical (unpaired) electrons. The number of hydrogen-bond donors (Lipinski definition) is 6. The van der Waals surface area contributed by atoms with E-state index in [0.717, 1.165) is 18.2 Å². The summed E-state index contributed by atoms with van der Waals surface area (Å²) in [5, 5.41) is 59.5. The van der Waals surface area contributed by atoms with E-state index in [1.54, 1.807) is 0 Å². The van der Waals surface area contributed by atoms with Crippen LogP contribution in [-0.4, -0.2) is 49.8 Å². The van der Waals surface area contributed by atoms with Crippen LogP contribution in [0, 0.1) is 0 Å². The van der Waals surface area contributed by atoms with Crippen molar-refractivity contribution >= 4 is 5.97 Å². The first-order valence-corrected chi connectivity index (χ1v) is 9.72. The monoisotopic (exact) mass is 456 g/mol. The highest BCUT2D eigenvalue weighted by Gasteiger charge is 2.37. The summed E-state index contributed by atoms with van der Waals surface area (Å²) in [6, 6.07) is 8.47. The smallest absolute Gasteiger partial charge is 0.338 e. The van der Waals surface area contributed by atoms with Crippen LogP contribution < -0.4 is 9.47 Å². The van der Waals surface area contributed by atoms with Gasteiger partial charge in [-0.1, -0.05) is 6.07 Å². The van der Waals surface area contributed by atoms with E-state index in [4.69, 9.17) is 14.2 Å². The molecule has 4 rings (SSSR count). The van der Waals surface area contributed by atoms with Crippen molar-refractivity contribution in [3.05, 3.63) is 59.2 Å². The molecule has 0 saturated heterocycles. The number of ether oxygens (including phenoxy) is 3. The van der Waals surface area contributed by atoms with Crippen LogP contribution in [0.4, 0.5) is 0 Å². The maximum atomic E-state index is 12.8. The molecule has 0 amide bonds. The van der Waals surface area contributed by atoms with Crippen LogP contribution in [0.3, 0.4) is 0 Å². The van der Waals surface area contributed by atoms with Crippen LogP contribution in [0.1, 0.15) is 27.6 Å². The molecule has 2 atom stereocenters. The quantitative estimate of drug-likeness (QED) is 0.254. The highest BCUT2D eigenvalue weighted by atomic mass is 16.6. The van der Waals surface area contributed by atoms with Gasteiger partial charge in [-0.15, -0.1) is 0 Å². The Bertz CT molecular complexity index is 1210. The normalized spacial score (nSPS) is 17.0. The molecular formula is C23H20O10. The zero-order valence-electron chi connectivity index (χ0n) is 17.2. The molecule has 1 heterocycles. The molecule has 0 aliphatic carbocycles. The average Bonchev–Trinajstić information content (AvgIpc) is 2.75. The second kappa shape index (κ2) is 8.23. The standard InChI is InChI=1S/C23H20O10/c1-31-22-17(28)5-11(6-18(22)29)23(30)33-20-9-13-15(26)7-12(24)8-19(13)32-21(20)10-2-3-14(25)16(27)4-10/h2-8,20-21,24-29H,9H2,1H3/t20-,21+/m0/s1. The topological polar surface area (TPSA) is 166 Å². The van der Waals surface area contributed by atoms with Crippen molar-refractivity contribution in [2.24, 2.45) is 0 Å². The first-order chi connectivity index (χ1) is 15.7. The fraction of sp³-hybridized carbons (Fsp3) is 0.174. The molecule has 3 aromatic carbocycles. The summed E-state index contributed by atoms with van der Waals surface area (Å²) in [5.74, 6) is -3.19. The molecule has 0 unspecified atom stereocenters. The van der Waals surface area contributed by atoms with E-state index in [1.807, 2.05) is 0 Å². The fourth-order valence-electron chi connectivity index (χ4n) is 3.68. The van der Waals surface area contributed by atoms with Crippen molar-refractivity contribution in [2.75, 3.05) is 7.11 Å². The van der Waals surface area contributed by atoms with Gasteiger partial charge in [0, 0.05) is 29.7 Å². The number of carbonyl (C=O) groups excluding carboxylic acids is 1. The van der Waals surface area contributed by atoms with E-state index in [1.165, 1.54) is 31.4 Å². The number of aromatic hydroxyl groups is 6. The third kappa shape index (κ3) is 4.05. The predicted molar refractivity (Wildman–Crippen MR) is 112 cm³/mol. The fourth-order valence-corrected chi connectivity index (χ4v) is 3.68. The Kier molecular flexibility index (Phi) is 5.42. The number of benzene rings is 3. The number of fused-ring (bicyclic) bond motifs is 1. The third-order valence-corrected chi connectivity index (χ3v) is 5.24. The maximum absolute atomic E-state index is 12.8. The Morgan fingerprint density at radius 2 is 1.58 bits per heavy atom. The van der Waals surface area contributed by atoms with Gasteiger partial charge in [0.25, 0.3) is 0 Å². The van der Waals surface area contributed by atoms with E-state index in [0.29, 0.717) is 5.56 Å². The molecule has 33 heavy (non-hydrogen) atoms. The molecule has 6 N–H and O–H groups in total. The largest absolute Gasteiger partial charge is 0.508 e. The highest BCUT2D eigenvalue weighted by molar-refractivity contribution is 5.91. The Morgan fingerprint density at radius 3 is 2.21 bits per heavy atom. The van der Waals surface area contributed by atoms with Crippen LogP contribution >= 0.6 is 0 Å². The van der Waals surface area contributed by atoms with E-state index in [2.05, 4.69) is 0 Å². The summed E-state index contributed by atoms with van der Waals surface area (Å²) >= 11 is 0. The zero-order valence-corrected chi connectivity index (χ0v) is 17.2. The van der Waals surface area contributed by atoms with Gasteiger partial charge in [-0.25, -0.2) is 4.79 Å². The van der Waals surface area contributed by atoms with Gasteiger partial charge in [0.1, 0.15) is 23.4 Å². The molecule has 1 aliphatic rings. The Labute approximate surface area is 187 Å². The van der Waals surface area contributed by atoms with Crippen molar-refractivity contribution in [3.63, 3.8) is 0 Å². The lowest BCUT2D eigenvalue weighted by Crippen LogP contribution is -2.34. The van der Waals surface area contributed by atoms with Crippen molar-refractivity contribution in [3.8, 4) is 46.0 Å². The van der Waals surface area contributed by atoms with Gasteiger partial charge in [-0.3, -0.25) is 0 Å². The van der Waals surface area contributed by atoms with Gasteiger partial charge in [0.15, 0.2) is 29.1 Å². The molecule has 1 aliphatic heterocycles. The SMILES string of the molecule is COc1c(O)cc(C(=O)O[C@H]2Cc3c(O)cc(O)cc3O[C@@H]2c2ccc(O)c(O)c2)cc1O. The molecule has 3 aromatic rings. The number of phenols is 6. The predicted octanol–water partition coefficient (Wildman–Crippen LogP) is 2.83. The molecule has 172 valence electrons. The van der Waals surface area contributed by atoms with E-state index in [-0.39, 0.29) is 46.3 Å². The zero-order chi connectivity index (χ0) is 23.9. The van der Waals surface area contributed by atoms with Gasteiger partial charge >= 0.3 is 5.97 Å². The van der Waals surface area contributed by atoms with E-state index >= 15 is 0 Å². The second-order valence-electron chi connectivity index (χ2n) is 7.42. The lowest BCUT2D eigenvalue weighted by Gasteiger charge is -2.34. The van der Waals surface area contributed by atoms with Crippen molar-refractivity contribution in [1.29, 1.82) is 0 Å². The number of rotatable bonds is 4. The van der Waals surface area contributed by atoms with Crippen molar-refractivity contribution in [2.45, 2.75) is 18.6 Å². The Morgan fingerprint density at radius 1 is 0.879 bits per heavy atom. The summed E-state index contributed by atoms with van der Waals surface area (Å²) in [5.41, 5.74) is 0.459. The number of carbonyl (C=O) groups is 1. The third-order valence-electron chi connectivity index (χ3n) is 5.24. The minimum atomic E-state index is -1.03. The first kappa shape index (κ1) is 21.8. The van der Waals surface area contributed by atoms with Crippen molar-refractivity contribution < 1.29 is 49.6 Å². The number of esters is 1. The van der Waals surface area contributed by atoms with Gasteiger partial charge in [-0.2, -0.15) is 0 Å². The second-order valence-corrected chi connectivity index (χ2v) is 7.42. The Balaban J connectivity index is 1.71. The summed E-state index contributed by atoms with van der Waals surface area (Å²) in [6.07, 6.45) is -2.04. The average molecular weight is 456 g/mol. The maximum Gasteiger partial charge on any atom is 0.338 e. The molecule has 0 fully saturated rings. The van der Waals surface area contributed by atoms with Gasteiger partial charge in [0.05, 0.1) is 12.7 Å². The number of hydrogen-bond acceptors (Lipinski definition) is 10. The molecule has 0 aromatic heterocycles. The summed E-state index contributed by atoms with van der Waals surface area (Å²) in [4.78, 5) is 12.8. The molecular weight excluding hydrogens is 436 g/mol. The van der Waals surface area contributed by atoms with Crippen LogP contribution in [0.15, 0.2) is 42.5 Å².